The fraction of sp³-hybridized carbons (Fsp3) is 0.846. The Kier molecular flexibility index (Phi) is 3.19. The van der Waals surface area contributed by atoms with Crippen LogP contribution in [0.25, 0.3) is 0 Å². The lowest BCUT2D eigenvalue weighted by molar-refractivity contribution is -0.149. The van der Waals surface area contributed by atoms with Crippen LogP contribution in [0.5, 0.6) is 0 Å². The fourth-order valence-corrected chi connectivity index (χ4v) is 2.52. The third-order valence-electron chi connectivity index (χ3n) is 3.57. The van der Waals surface area contributed by atoms with Gasteiger partial charge in [-0.25, -0.2) is 0 Å². The second-order valence-corrected chi connectivity index (χ2v) is 6.51. The third-order valence-corrected chi connectivity index (χ3v) is 3.57. The lowest BCUT2D eigenvalue weighted by atomic mass is 9.53. The predicted molar refractivity (Wildman–Crippen MR) is 64.0 cm³/mol. The Bertz CT molecular complexity index is 312. The van der Waals surface area contributed by atoms with E-state index in [0.717, 1.165) is 0 Å². The minimum Gasteiger partial charge on any atom is -0.351 e. The lowest BCUT2D eigenvalue weighted by Crippen LogP contribution is -2.57. The highest BCUT2D eigenvalue weighted by molar-refractivity contribution is 5.87. The number of hydrogen-bond donors (Lipinski definition) is 1. The van der Waals surface area contributed by atoms with Crippen LogP contribution in [0.15, 0.2) is 0 Å². The van der Waals surface area contributed by atoms with E-state index in [-0.39, 0.29) is 34.5 Å². The van der Waals surface area contributed by atoms with Crippen molar-refractivity contribution >= 4 is 11.7 Å². The highest BCUT2D eigenvalue weighted by atomic mass is 16.2. The summed E-state index contributed by atoms with van der Waals surface area (Å²) in [4.78, 5) is 23.4. The van der Waals surface area contributed by atoms with Crippen LogP contribution in [0, 0.1) is 17.3 Å². The molecule has 0 aromatic carbocycles. The first-order valence-electron chi connectivity index (χ1n) is 5.88. The van der Waals surface area contributed by atoms with Crippen molar-refractivity contribution in [2.45, 2.75) is 53.5 Å². The molecule has 1 fully saturated rings. The summed E-state index contributed by atoms with van der Waals surface area (Å²) in [6.07, 6.45) is 0.699. The Hall–Kier alpha value is -0.860. The molecule has 1 aliphatic rings. The van der Waals surface area contributed by atoms with E-state index in [1.807, 2.05) is 34.6 Å². The van der Waals surface area contributed by atoms with E-state index >= 15 is 0 Å². The van der Waals surface area contributed by atoms with E-state index in [1.165, 1.54) is 0 Å². The third kappa shape index (κ3) is 2.45. The summed E-state index contributed by atoms with van der Waals surface area (Å²) in [5, 5.41) is 2.99. The van der Waals surface area contributed by atoms with Gasteiger partial charge in [-0.15, -0.1) is 0 Å². The van der Waals surface area contributed by atoms with Gasteiger partial charge in [0.15, 0.2) is 0 Å². The Morgan fingerprint density at radius 1 is 1.19 bits per heavy atom. The Morgan fingerprint density at radius 2 is 1.69 bits per heavy atom. The number of rotatable bonds is 2. The quantitative estimate of drug-likeness (QED) is 0.782. The van der Waals surface area contributed by atoms with Gasteiger partial charge in [-0.05, 0) is 39.5 Å². The summed E-state index contributed by atoms with van der Waals surface area (Å²) < 4.78 is 0. The summed E-state index contributed by atoms with van der Waals surface area (Å²) in [7, 11) is 0. The summed E-state index contributed by atoms with van der Waals surface area (Å²) in [6, 6.07) is 0. The van der Waals surface area contributed by atoms with Crippen molar-refractivity contribution in [3.8, 4) is 0 Å². The van der Waals surface area contributed by atoms with Gasteiger partial charge in [0.25, 0.3) is 0 Å². The van der Waals surface area contributed by atoms with Gasteiger partial charge in [-0.3, -0.25) is 9.59 Å². The second-order valence-electron chi connectivity index (χ2n) is 6.51. The smallest absolute Gasteiger partial charge is 0.224 e. The maximum Gasteiger partial charge on any atom is 0.224 e. The number of hydrogen-bond acceptors (Lipinski definition) is 2. The molecule has 1 saturated carbocycles. The van der Waals surface area contributed by atoms with Crippen LogP contribution in [0.3, 0.4) is 0 Å². The summed E-state index contributed by atoms with van der Waals surface area (Å²) in [5.41, 5.74) is -0.393. The molecule has 1 aliphatic carbocycles. The van der Waals surface area contributed by atoms with Crippen LogP contribution >= 0.6 is 0 Å². The van der Waals surface area contributed by atoms with E-state index in [1.54, 1.807) is 6.92 Å². The average molecular weight is 225 g/mol. The normalized spacial score (nSPS) is 28.1. The molecular formula is C13H23NO2. The van der Waals surface area contributed by atoms with Crippen LogP contribution in [0.4, 0.5) is 0 Å². The molecule has 3 heteroatoms. The fourth-order valence-electron chi connectivity index (χ4n) is 2.52. The number of carbonyl (C=O) groups is 2. The van der Waals surface area contributed by atoms with E-state index < -0.39 is 0 Å². The molecule has 0 aliphatic heterocycles. The van der Waals surface area contributed by atoms with Gasteiger partial charge < -0.3 is 5.32 Å². The molecule has 2 atom stereocenters. The zero-order chi connectivity index (χ0) is 12.7. The maximum absolute atomic E-state index is 12.0. The van der Waals surface area contributed by atoms with Crippen molar-refractivity contribution in [1.82, 2.24) is 5.32 Å². The highest BCUT2D eigenvalue weighted by Gasteiger charge is 2.53. The van der Waals surface area contributed by atoms with Crippen molar-refractivity contribution in [2.75, 3.05) is 0 Å². The van der Waals surface area contributed by atoms with Crippen molar-refractivity contribution in [3.05, 3.63) is 0 Å². The first-order chi connectivity index (χ1) is 7.05. The Labute approximate surface area is 98.0 Å². The first-order valence-corrected chi connectivity index (χ1v) is 5.88. The van der Waals surface area contributed by atoms with Crippen LogP contribution < -0.4 is 5.32 Å². The van der Waals surface area contributed by atoms with E-state index in [4.69, 9.17) is 0 Å². The molecule has 92 valence electrons. The van der Waals surface area contributed by atoms with E-state index in [9.17, 15) is 9.59 Å². The van der Waals surface area contributed by atoms with E-state index in [0.29, 0.717) is 6.42 Å². The number of carbonyl (C=O) groups excluding carboxylic acids is 2. The standard InChI is InChI=1S/C13H23NO2/c1-8(15)9-7-10(13(9,5)6)11(16)14-12(2,3)4/h9-10H,7H2,1-6H3,(H,14,16). The van der Waals surface area contributed by atoms with Gasteiger partial charge in [0, 0.05) is 17.4 Å². The van der Waals surface area contributed by atoms with E-state index in [2.05, 4.69) is 5.32 Å². The average Bonchev–Trinajstić information content (AvgIpc) is 1.97. The lowest BCUT2D eigenvalue weighted by Gasteiger charge is -2.50. The van der Waals surface area contributed by atoms with Gasteiger partial charge in [-0.2, -0.15) is 0 Å². The summed E-state index contributed by atoms with van der Waals surface area (Å²) in [5.74, 6) is 0.295. The second kappa shape index (κ2) is 3.86. The number of nitrogens with one attached hydrogen (secondary N) is 1. The Balaban J connectivity index is 2.66. The van der Waals surface area contributed by atoms with Crippen LogP contribution in [0.2, 0.25) is 0 Å². The largest absolute Gasteiger partial charge is 0.351 e. The van der Waals surface area contributed by atoms with Gasteiger partial charge in [0.2, 0.25) is 5.91 Å². The SMILES string of the molecule is CC(=O)C1CC(C(=O)NC(C)(C)C)C1(C)C. The maximum atomic E-state index is 12.0. The van der Waals surface area contributed by atoms with Crippen LogP contribution in [-0.4, -0.2) is 17.2 Å². The number of amides is 1. The van der Waals surface area contributed by atoms with Crippen LogP contribution in [-0.2, 0) is 9.59 Å². The van der Waals surface area contributed by atoms with Crippen molar-refractivity contribution in [1.29, 1.82) is 0 Å². The molecule has 1 amide bonds. The zero-order valence-corrected chi connectivity index (χ0v) is 11.2. The molecule has 16 heavy (non-hydrogen) atoms. The molecule has 0 heterocycles. The number of Topliss-reactive ketones (excluding diaryl/α,β-unsaturated/α-hetero) is 1. The van der Waals surface area contributed by atoms with Crippen molar-refractivity contribution < 1.29 is 9.59 Å². The van der Waals surface area contributed by atoms with Crippen molar-refractivity contribution in [2.24, 2.45) is 17.3 Å². The molecule has 2 unspecified atom stereocenters. The van der Waals surface area contributed by atoms with Crippen molar-refractivity contribution in [3.63, 3.8) is 0 Å². The summed E-state index contributed by atoms with van der Waals surface area (Å²) >= 11 is 0. The highest BCUT2D eigenvalue weighted by Crippen LogP contribution is 2.51. The molecule has 0 spiro atoms. The zero-order valence-electron chi connectivity index (χ0n) is 11.2. The van der Waals surface area contributed by atoms with Gasteiger partial charge in [0.05, 0.1) is 0 Å². The Morgan fingerprint density at radius 3 is 2.00 bits per heavy atom. The molecule has 1 rings (SSSR count). The summed E-state index contributed by atoms with van der Waals surface area (Å²) in [6.45, 7) is 11.5. The number of ketones is 1. The molecule has 0 radical (unpaired) electrons. The van der Waals surface area contributed by atoms with Gasteiger partial charge in [-0.1, -0.05) is 13.8 Å². The molecule has 3 nitrogen and oxygen atoms in total. The molecule has 0 bridgehead atoms. The molecule has 0 saturated heterocycles. The molecule has 0 aromatic heterocycles. The predicted octanol–water partition coefficient (Wildman–Crippen LogP) is 2.15. The minimum atomic E-state index is -0.200. The topological polar surface area (TPSA) is 46.2 Å². The minimum absolute atomic E-state index is 0.0272. The first kappa shape index (κ1) is 13.2. The monoisotopic (exact) mass is 225 g/mol. The molecule has 1 N–H and O–H groups in total. The molecule has 0 aromatic rings. The van der Waals surface area contributed by atoms with Gasteiger partial charge >= 0.3 is 0 Å². The van der Waals surface area contributed by atoms with Crippen LogP contribution in [0.1, 0.15) is 48.0 Å². The molecular weight excluding hydrogens is 202 g/mol. The van der Waals surface area contributed by atoms with Gasteiger partial charge in [0.1, 0.15) is 5.78 Å².